The Bertz CT molecular complexity index is 894. The number of piperidine rings is 1. The number of pyridine rings is 1. The molecule has 0 unspecified atom stereocenters. The van der Waals surface area contributed by atoms with Gasteiger partial charge in [-0.1, -0.05) is 56.7 Å². The van der Waals surface area contributed by atoms with E-state index in [2.05, 4.69) is 23.7 Å². The van der Waals surface area contributed by atoms with Crippen LogP contribution in [0.15, 0.2) is 54.7 Å². The van der Waals surface area contributed by atoms with Gasteiger partial charge in [0, 0.05) is 32.4 Å². The molecule has 2 saturated heterocycles. The summed E-state index contributed by atoms with van der Waals surface area (Å²) in [7, 11) is 0. The number of nitrogens with zero attached hydrogens (tertiary/aromatic N) is 4. The number of urea groups is 1. The van der Waals surface area contributed by atoms with Gasteiger partial charge < -0.3 is 9.80 Å². The van der Waals surface area contributed by atoms with Crippen molar-refractivity contribution in [2.75, 3.05) is 19.6 Å². The molecule has 1 aromatic heterocycles. The zero-order valence-electron chi connectivity index (χ0n) is 18.5. The highest BCUT2D eigenvalue weighted by molar-refractivity contribution is 6.07. The van der Waals surface area contributed by atoms with E-state index < -0.39 is 5.54 Å². The number of hydrogen-bond acceptors (Lipinski definition) is 4. The van der Waals surface area contributed by atoms with E-state index in [1.54, 1.807) is 6.20 Å². The van der Waals surface area contributed by atoms with Crippen LogP contribution in [0.25, 0.3) is 0 Å². The lowest BCUT2D eigenvalue weighted by Crippen LogP contribution is -2.56. The van der Waals surface area contributed by atoms with Crippen LogP contribution in [0.2, 0.25) is 0 Å². The lowest BCUT2D eigenvalue weighted by atomic mass is 9.85. The SMILES string of the molecule is CC[C@H](C)CN1CCC2(CC1)C(=O)N(Cc1ccccn1)C(=O)N2Cc1ccccc1. The van der Waals surface area contributed by atoms with E-state index >= 15 is 0 Å². The number of amides is 3. The summed E-state index contributed by atoms with van der Waals surface area (Å²) in [5, 5.41) is 0. The van der Waals surface area contributed by atoms with Crippen LogP contribution in [0.1, 0.15) is 44.4 Å². The summed E-state index contributed by atoms with van der Waals surface area (Å²) in [6, 6.07) is 15.4. The van der Waals surface area contributed by atoms with Gasteiger partial charge in [-0.3, -0.25) is 14.7 Å². The highest BCUT2D eigenvalue weighted by Crippen LogP contribution is 2.39. The first-order valence-electron chi connectivity index (χ1n) is 11.3. The van der Waals surface area contributed by atoms with Gasteiger partial charge in [-0.15, -0.1) is 0 Å². The Balaban J connectivity index is 1.59. The molecular weight excluding hydrogens is 388 g/mol. The molecule has 0 bridgehead atoms. The molecule has 1 atom stereocenters. The van der Waals surface area contributed by atoms with Crippen LogP contribution in [0.5, 0.6) is 0 Å². The summed E-state index contributed by atoms with van der Waals surface area (Å²) in [6.07, 6.45) is 4.21. The van der Waals surface area contributed by atoms with Crippen LogP contribution in [0.3, 0.4) is 0 Å². The van der Waals surface area contributed by atoms with Crippen LogP contribution in [-0.4, -0.2) is 56.8 Å². The summed E-state index contributed by atoms with van der Waals surface area (Å²) < 4.78 is 0. The summed E-state index contributed by atoms with van der Waals surface area (Å²) in [5.74, 6) is 0.568. The Morgan fingerprint density at radius 1 is 1.00 bits per heavy atom. The van der Waals surface area contributed by atoms with Crippen molar-refractivity contribution in [3.05, 3.63) is 66.0 Å². The molecule has 1 spiro atoms. The van der Waals surface area contributed by atoms with E-state index in [-0.39, 0.29) is 18.5 Å². The Labute approximate surface area is 184 Å². The van der Waals surface area contributed by atoms with Crippen molar-refractivity contribution in [3.8, 4) is 0 Å². The molecule has 3 heterocycles. The molecule has 6 nitrogen and oxygen atoms in total. The van der Waals surface area contributed by atoms with Crippen molar-refractivity contribution >= 4 is 11.9 Å². The van der Waals surface area contributed by atoms with Gasteiger partial charge in [-0.2, -0.15) is 0 Å². The van der Waals surface area contributed by atoms with E-state index in [9.17, 15) is 9.59 Å². The van der Waals surface area contributed by atoms with Gasteiger partial charge in [0.2, 0.25) is 0 Å². The van der Waals surface area contributed by atoms with Gasteiger partial charge in [0.25, 0.3) is 5.91 Å². The van der Waals surface area contributed by atoms with Crippen molar-refractivity contribution in [2.24, 2.45) is 5.92 Å². The molecule has 31 heavy (non-hydrogen) atoms. The van der Waals surface area contributed by atoms with Crippen LogP contribution in [-0.2, 0) is 17.9 Å². The van der Waals surface area contributed by atoms with Crippen molar-refractivity contribution < 1.29 is 9.59 Å². The molecule has 0 N–H and O–H groups in total. The molecule has 4 rings (SSSR count). The predicted octanol–water partition coefficient (Wildman–Crippen LogP) is 3.93. The maximum Gasteiger partial charge on any atom is 0.328 e. The van der Waals surface area contributed by atoms with E-state index in [1.165, 1.54) is 4.90 Å². The lowest BCUT2D eigenvalue weighted by molar-refractivity contribution is -0.136. The monoisotopic (exact) mass is 420 g/mol. The van der Waals surface area contributed by atoms with Gasteiger partial charge in [0.1, 0.15) is 5.54 Å². The highest BCUT2D eigenvalue weighted by atomic mass is 16.2. The molecule has 164 valence electrons. The maximum absolute atomic E-state index is 13.7. The summed E-state index contributed by atoms with van der Waals surface area (Å²) >= 11 is 0. The van der Waals surface area contributed by atoms with Crippen molar-refractivity contribution in [3.63, 3.8) is 0 Å². The first kappa shape index (κ1) is 21.5. The van der Waals surface area contributed by atoms with Crippen LogP contribution >= 0.6 is 0 Å². The molecule has 2 fully saturated rings. The summed E-state index contributed by atoms with van der Waals surface area (Å²) in [4.78, 5) is 37.2. The molecule has 2 aliphatic heterocycles. The second-order valence-electron chi connectivity index (χ2n) is 8.91. The molecule has 0 aliphatic carbocycles. The van der Waals surface area contributed by atoms with Gasteiger partial charge in [0.05, 0.1) is 12.2 Å². The molecule has 3 amide bonds. The molecular formula is C25H32N4O2. The zero-order valence-corrected chi connectivity index (χ0v) is 18.5. The van der Waals surface area contributed by atoms with Gasteiger partial charge in [-0.05, 0) is 36.5 Å². The molecule has 2 aliphatic rings. The zero-order chi connectivity index (χ0) is 21.8. The Morgan fingerprint density at radius 2 is 1.71 bits per heavy atom. The molecule has 6 heteroatoms. The third kappa shape index (κ3) is 4.35. The Morgan fingerprint density at radius 3 is 2.35 bits per heavy atom. The fraction of sp³-hybridized carbons (Fsp3) is 0.480. The average molecular weight is 421 g/mol. The second-order valence-corrected chi connectivity index (χ2v) is 8.91. The van der Waals surface area contributed by atoms with E-state index in [4.69, 9.17) is 0 Å². The molecule has 0 radical (unpaired) electrons. The quantitative estimate of drug-likeness (QED) is 0.637. The topological polar surface area (TPSA) is 56.8 Å². The first-order chi connectivity index (χ1) is 15.0. The molecule has 0 saturated carbocycles. The fourth-order valence-electron chi connectivity index (χ4n) is 4.72. The van der Waals surface area contributed by atoms with Gasteiger partial charge in [0.15, 0.2) is 0 Å². The summed E-state index contributed by atoms with van der Waals surface area (Å²) in [6.45, 7) is 7.89. The minimum atomic E-state index is -0.756. The van der Waals surface area contributed by atoms with E-state index in [0.29, 0.717) is 25.3 Å². The van der Waals surface area contributed by atoms with Crippen LogP contribution in [0, 0.1) is 5.92 Å². The van der Waals surface area contributed by atoms with Crippen molar-refractivity contribution in [1.82, 2.24) is 19.7 Å². The van der Waals surface area contributed by atoms with Crippen LogP contribution in [0.4, 0.5) is 4.79 Å². The standard InChI is InChI=1S/C25H32N4O2/c1-3-20(2)17-27-15-12-25(13-16-27)23(30)28(19-22-11-7-8-14-26-22)24(31)29(25)18-21-9-5-4-6-10-21/h4-11,14,20H,3,12-13,15-19H2,1-2H3/t20-/m0/s1. The average Bonchev–Trinajstić information content (AvgIpc) is 2.98. The number of likely N-dealkylation sites (tertiary alicyclic amines) is 1. The Kier molecular flexibility index (Phi) is 6.37. The largest absolute Gasteiger partial charge is 0.328 e. The number of carbonyl (C=O) groups excluding carboxylic acids is 2. The minimum Gasteiger partial charge on any atom is -0.305 e. The number of rotatable bonds is 7. The first-order valence-corrected chi connectivity index (χ1v) is 11.3. The smallest absolute Gasteiger partial charge is 0.305 e. The number of benzene rings is 1. The molecule has 1 aromatic carbocycles. The van der Waals surface area contributed by atoms with Crippen molar-refractivity contribution in [2.45, 2.75) is 51.7 Å². The number of hydrogen-bond donors (Lipinski definition) is 0. The number of carbonyl (C=O) groups is 2. The lowest BCUT2D eigenvalue weighted by Gasteiger charge is -2.42. The second kappa shape index (κ2) is 9.18. The van der Waals surface area contributed by atoms with E-state index in [0.717, 1.165) is 37.3 Å². The normalized spacial score (nSPS) is 19.9. The number of aromatic nitrogens is 1. The maximum atomic E-state index is 13.7. The highest BCUT2D eigenvalue weighted by Gasteiger charge is 2.57. The van der Waals surface area contributed by atoms with Crippen molar-refractivity contribution in [1.29, 1.82) is 0 Å². The van der Waals surface area contributed by atoms with Gasteiger partial charge in [-0.25, -0.2) is 4.79 Å². The summed E-state index contributed by atoms with van der Waals surface area (Å²) in [5.41, 5.74) is 1.02. The van der Waals surface area contributed by atoms with E-state index in [1.807, 2.05) is 53.4 Å². The number of imide groups is 1. The fourth-order valence-corrected chi connectivity index (χ4v) is 4.72. The minimum absolute atomic E-state index is 0.0673. The predicted molar refractivity (Wildman–Crippen MR) is 120 cm³/mol. The van der Waals surface area contributed by atoms with Gasteiger partial charge >= 0.3 is 6.03 Å². The third-order valence-electron chi connectivity index (χ3n) is 6.80. The molecule has 2 aromatic rings. The van der Waals surface area contributed by atoms with Crippen LogP contribution < -0.4 is 0 Å². The third-order valence-corrected chi connectivity index (χ3v) is 6.80. The Hall–Kier alpha value is -2.73.